The molecule has 206 valence electrons. The van der Waals surface area contributed by atoms with Gasteiger partial charge in [0.15, 0.2) is 0 Å². The first-order chi connectivity index (χ1) is 16.8. The van der Waals surface area contributed by atoms with Gasteiger partial charge in [-0.25, -0.2) is 0 Å². The quantitative estimate of drug-likeness (QED) is 0.0737. The average Bonchev–Trinajstić information content (AvgIpc) is 2.80. The van der Waals surface area contributed by atoms with E-state index in [0.29, 0.717) is 12.8 Å². The maximum atomic E-state index is 12.3. The number of aliphatic hydroxyl groups excluding tert-OH is 1. The van der Waals surface area contributed by atoms with Crippen LogP contribution in [-0.2, 0) is 14.9 Å². The van der Waals surface area contributed by atoms with E-state index >= 15 is 0 Å². The Balaban J connectivity index is 4.14. The Kier molecular flexibility index (Phi) is 22.4. The Hall–Kier alpha value is -1.18. The van der Waals surface area contributed by atoms with Crippen LogP contribution in [0.3, 0.4) is 0 Å². The molecular weight excluding hydrogens is 462 g/mol. The van der Waals surface area contributed by atoms with E-state index in [1.165, 1.54) is 70.3 Å². The lowest BCUT2D eigenvalue weighted by Crippen LogP contribution is -2.46. The number of carbonyl (C=O) groups excluding carboxylic acids is 1. The van der Waals surface area contributed by atoms with Crippen LogP contribution in [0.25, 0.3) is 0 Å². The molecule has 0 bridgehead atoms. The van der Waals surface area contributed by atoms with E-state index in [4.69, 9.17) is 0 Å². The van der Waals surface area contributed by atoms with E-state index in [0.717, 1.165) is 38.5 Å². The molecule has 6 nitrogen and oxygen atoms in total. The van der Waals surface area contributed by atoms with Crippen LogP contribution in [0.4, 0.5) is 0 Å². The van der Waals surface area contributed by atoms with Crippen molar-refractivity contribution in [3.8, 4) is 0 Å². The van der Waals surface area contributed by atoms with E-state index in [1.807, 2.05) is 0 Å². The van der Waals surface area contributed by atoms with Gasteiger partial charge in [-0.05, 0) is 25.7 Å². The molecule has 0 radical (unpaired) electrons. The minimum Gasteiger partial charge on any atom is -0.387 e. The number of rotatable bonds is 24. The lowest BCUT2D eigenvalue weighted by atomic mass is 10.0. The molecule has 0 aliphatic carbocycles. The number of hydrogen-bond donors (Lipinski definition) is 3. The summed E-state index contributed by atoms with van der Waals surface area (Å²) >= 11 is 0. The first-order valence-corrected chi connectivity index (χ1v) is 15.6. The summed E-state index contributed by atoms with van der Waals surface area (Å²) in [5, 5.41) is 13.0. The van der Waals surface area contributed by atoms with Crippen LogP contribution in [0.1, 0.15) is 129 Å². The Morgan fingerprint density at radius 2 is 1.23 bits per heavy atom. The minimum absolute atomic E-state index is 0.290. The summed E-state index contributed by atoms with van der Waals surface area (Å²) in [6.07, 6.45) is 26.0. The fraction of sp³-hybridized carbons (Fsp3) is 0.821. The van der Waals surface area contributed by atoms with Crippen LogP contribution in [0, 0.1) is 0 Å². The SMILES string of the molecule is CCCC/C=C/CC/C=C/C(O)C(CS(=O)(=O)O)NC(=O)CCCCCCCCCCCCCC. The largest absolute Gasteiger partial charge is 0.387 e. The van der Waals surface area contributed by atoms with Crippen molar-refractivity contribution in [1.29, 1.82) is 0 Å². The highest BCUT2D eigenvalue weighted by Gasteiger charge is 2.24. The zero-order valence-corrected chi connectivity index (χ0v) is 23.2. The normalized spacial score (nSPS) is 14.1. The van der Waals surface area contributed by atoms with Gasteiger partial charge in [0.05, 0.1) is 17.9 Å². The number of nitrogens with one attached hydrogen (secondary N) is 1. The first-order valence-electron chi connectivity index (χ1n) is 14.0. The second-order valence-corrected chi connectivity index (χ2v) is 11.2. The molecule has 0 aromatic rings. The number of carbonyl (C=O) groups is 1. The van der Waals surface area contributed by atoms with E-state index in [-0.39, 0.29) is 5.91 Å². The molecule has 0 fully saturated rings. The maximum Gasteiger partial charge on any atom is 0.267 e. The monoisotopic (exact) mass is 515 g/mol. The highest BCUT2D eigenvalue weighted by molar-refractivity contribution is 7.85. The van der Waals surface area contributed by atoms with Crippen LogP contribution < -0.4 is 5.32 Å². The molecule has 0 aromatic carbocycles. The molecule has 3 N–H and O–H groups in total. The van der Waals surface area contributed by atoms with Gasteiger partial charge < -0.3 is 10.4 Å². The van der Waals surface area contributed by atoms with Crippen LogP contribution in [0.15, 0.2) is 24.3 Å². The van der Waals surface area contributed by atoms with Crippen LogP contribution in [0.5, 0.6) is 0 Å². The standard InChI is InChI=1S/C28H53NO5S/c1-3-5-7-9-11-13-14-15-16-18-20-22-24-28(31)29-26(25-35(32,33)34)27(30)23-21-19-17-12-10-8-6-4-2/h10,12,21,23,26-27,30H,3-9,11,13-20,22,24-25H2,1-2H3,(H,29,31)(H,32,33,34)/b12-10+,23-21+. The van der Waals surface area contributed by atoms with Crippen molar-refractivity contribution in [2.24, 2.45) is 0 Å². The zero-order valence-electron chi connectivity index (χ0n) is 22.4. The van der Waals surface area contributed by atoms with Crippen molar-refractivity contribution in [3.05, 3.63) is 24.3 Å². The van der Waals surface area contributed by atoms with Gasteiger partial charge in [-0.1, -0.05) is 122 Å². The maximum absolute atomic E-state index is 12.3. The molecule has 7 heteroatoms. The van der Waals surface area contributed by atoms with Crippen molar-refractivity contribution in [3.63, 3.8) is 0 Å². The molecule has 0 rings (SSSR count). The first kappa shape index (κ1) is 33.8. The molecule has 1 amide bonds. The fourth-order valence-electron chi connectivity index (χ4n) is 3.98. The molecule has 2 unspecified atom stereocenters. The Bertz CT molecular complexity index is 660. The van der Waals surface area contributed by atoms with Gasteiger partial charge in [-0.3, -0.25) is 9.35 Å². The fourth-order valence-corrected chi connectivity index (χ4v) is 4.71. The highest BCUT2D eigenvalue weighted by Crippen LogP contribution is 2.13. The third-order valence-electron chi connectivity index (χ3n) is 6.13. The Labute approximate surface area is 215 Å². The minimum atomic E-state index is -4.33. The van der Waals surface area contributed by atoms with Crippen LogP contribution in [-0.4, -0.2) is 41.9 Å². The molecule has 0 saturated heterocycles. The van der Waals surface area contributed by atoms with E-state index in [1.54, 1.807) is 6.08 Å². The van der Waals surface area contributed by atoms with Gasteiger partial charge in [-0.15, -0.1) is 0 Å². The molecule has 0 aromatic heterocycles. The van der Waals surface area contributed by atoms with E-state index in [2.05, 4.69) is 31.3 Å². The molecule has 0 saturated carbocycles. The molecule has 0 spiro atoms. The van der Waals surface area contributed by atoms with E-state index < -0.39 is 28.0 Å². The van der Waals surface area contributed by atoms with Gasteiger partial charge in [0, 0.05) is 6.42 Å². The number of hydrogen-bond acceptors (Lipinski definition) is 4. The average molecular weight is 516 g/mol. The summed E-state index contributed by atoms with van der Waals surface area (Å²) in [4.78, 5) is 12.3. The second-order valence-electron chi connectivity index (χ2n) is 9.67. The summed E-state index contributed by atoms with van der Waals surface area (Å²) in [5.41, 5.74) is 0. The number of unbranched alkanes of at least 4 members (excludes halogenated alkanes) is 14. The van der Waals surface area contributed by atoms with Gasteiger partial charge in [0.1, 0.15) is 0 Å². The highest BCUT2D eigenvalue weighted by atomic mass is 32.2. The summed E-state index contributed by atoms with van der Waals surface area (Å²) < 4.78 is 32.0. The Morgan fingerprint density at radius 1 is 0.743 bits per heavy atom. The molecule has 35 heavy (non-hydrogen) atoms. The third kappa shape index (κ3) is 24.3. The Morgan fingerprint density at radius 3 is 1.77 bits per heavy atom. The van der Waals surface area contributed by atoms with Gasteiger partial charge in [0.25, 0.3) is 10.1 Å². The van der Waals surface area contributed by atoms with Crippen molar-refractivity contribution in [2.45, 2.75) is 142 Å². The number of allylic oxidation sites excluding steroid dienone is 3. The predicted octanol–water partition coefficient (Wildman–Crippen LogP) is 6.89. The topological polar surface area (TPSA) is 104 Å². The zero-order chi connectivity index (χ0) is 26.2. The number of aliphatic hydroxyl groups is 1. The van der Waals surface area contributed by atoms with Crippen molar-refractivity contribution >= 4 is 16.0 Å². The molecule has 2 atom stereocenters. The van der Waals surface area contributed by atoms with Crippen LogP contribution in [0.2, 0.25) is 0 Å². The lowest BCUT2D eigenvalue weighted by molar-refractivity contribution is -0.122. The summed E-state index contributed by atoms with van der Waals surface area (Å²) in [6.45, 7) is 4.39. The smallest absolute Gasteiger partial charge is 0.267 e. The molecule has 0 aliphatic rings. The van der Waals surface area contributed by atoms with Crippen molar-refractivity contribution in [2.75, 3.05) is 5.75 Å². The van der Waals surface area contributed by atoms with Crippen molar-refractivity contribution < 1.29 is 22.9 Å². The summed E-state index contributed by atoms with van der Waals surface area (Å²) in [6, 6.07) is -1.06. The predicted molar refractivity (Wildman–Crippen MR) is 147 cm³/mol. The summed E-state index contributed by atoms with van der Waals surface area (Å²) in [7, 11) is -4.33. The lowest BCUT2D eigenvalue weighted by Gasteiger charge is -2.21. The second kappa shape index (κ2) is 23.2. The number of amides is 1. The van der Waals surface area contributed by atoms with Gasteiger partial charge in [-0.2, -0.15) is 8.42 Å². The van der Waals surface area contributed by atoms with Gasteiger partial charge in [0.2, 0.25) is 5.91 Å². The summed E-state index contributed by atoms with van der Waals surface area (Å²) in [5.74, 6) is -1.00. The van der Waals surface area contributed by atoms with Crippen molar-refractivity contribution in [1.82, 2.24) is 5.32 Å². The van der Waals surface area contributed by atoms with Crippen LogP contribution >= 0.6 is 0 Å². The molecular formula is C28H53NO5S. The molecule has 0 heterocycles. The third-order valence-corrected chi connectivity index (χ3v) is 6.91. The molecule has 0 aliphatic heterocycles. The van der Waals surface area contributed by atoms with Gasteiger partial charge >= 0.3 is 0 Å². The van der Waals surface area contributed by atoms with E-state index in [9.17, 15) is 22.9 Å².